The molecule has 0 saturated heterocycles. The van der Waals surface area contributed by atoms with Crippen LogP contribution >= 0.6 is 0 Å². The third-order valence-electron chi connectivity index (χ3n) is 3.58. The Labute approximate surface area is 137 Å². The van der Waals surface area contributed by atoms with Crippen molar-refractivity contribution in [3.05, 3.63) is 54.1 Å². The average Bonchev–Trinajstić information content (AvgIpc) is 2.55. The molecule has 0 aliphatic heterocycles. The third-order valence-corrected chi connectivity index (χ3v) is 3.58. The van der Waals surface area contributed by atoms with Crippen molar-refractivity contribution >= 4 is 5.69 Å². The number of anilines is 1. The molecule has 9 heteroatoms. The molecular formula is C16H11F8N. The first-order valence-corrected chi connectivity index (χ1v) is 6.79. The van der Waals surface area contributed by atoms with Gasteiger partial charge in [-0.05, 0) is 23.3 Å². The molecule has 2 aromatic carbocycles. The second-order valence-electron chi connectivity index (χ2n) is 5.27. The van der Waals surface area contributed by atoms with Crippen LogP contribution in [0.1, 0.15) is 5.56 Å². The molecule has 0 bridgehead atoms. The highest BCUT2D eigenvalue weighted by Crippen LogP contribution is 2.53. The summed E-state index contributed by atoms with van der Waals surface area (Å²) in [6.45, 7) is 0. The molecule has 0 saturated carbocycles. The molecule has 2 aromatic rings. The lowest BCUT2D eigenvalue weighted by atomic mass is 9.95. The Morgan fingerprint density at radius 2 is 1.08 bits per heavy atom. The lowest BCUT2D eigenvalue weighted by Crippen LogP contribution is -2.56. The first kappa shape index (κ1) is 19.0. The van der Waals surface area contributed by atoms with E-state index < -0.39 is 29.8 Å². The Morgan fingerprint density at radius 3 is 1.48 bits per heavy atom. The highest BCUT2D eigenvalue weighted by atomic mass is 19.4. The molecule has 2 rings (SSSR count). The summed E-state index contributed by atoms with van der Waals surface area (Å²) in [6.07, 6.45) is -4.94. The summed E-state index contributed by atoms with van der Waals surface area (Å²) in [6, 6.07) is 9.04. The quantitative estimate of drug-likeness (QED) is 0.542. The van der Waals surface area contributed by atoms with Crippen molar-refractivity contribution in [3.8, 4) is 11.1 Å². The molecule has 2 N–H and O–H groups in total. The summed E-state index contributed by atoms with van der Waals surface area (Å²) < 4.78 is 104. The van der Waals surface area contributed by atoms with Crippen molar-refractivity contribution in [2.24, 2.45) is 0 Å². The van der Waals surface area contributed by atoms with Crippen LogP contribution < -0.4 is 5.73 Å². The van der Waals surface area contributed by atoms with Crippen LogP contribution in [-0.4, -0.2) is 18.3 Å². The van der Waals surface area contributed by atoms with Crippen LogP contribution in [0.5, 0.6) is 0 Å². The third kappa shape index (κ3) is 3.14. The number of hydrogen-bond acceptors (Lipinski definition) is 1. The van der Waals surface area contributed by atoms with Gasteiger partial charge in [-0.25, -0.2) is 8.78 Å². The minimum absolute atomic E-state index is 0.323. The Hall–Kier alpha value is -2.32. The van der Waals surface area contributed by atoms with E-state index in [9.17, 15) is 35.1 Å². The highest BCUT2D eigenvalue weighted by Gasteiger charge is 2.75. The number of rotatable bonds is 5. The molecule has 0 aromatic heterocycles. The fourth-order valence-corrected chi connectivity index (χ4v) is 2.08. The maximum atomic E-state index is 13.8. The van der Waals surface area contributed by atoms with E-state index in [0.717, 1.165) is 12.1 Å². The van der Waals surface area contributed by atoms with E-state index in [0.29, 0.717) is 28.9 Å². The zero-order valence-electron chi connectivity index (χ0n) is 12.3. The lowest BCUT2D eigenvalue weighted by molar-refractivity contribution is -0.343. The number of hydrogen-bond donors (Lipinski definition) is 1. The van der Waals surface area contributed by atoms with Crippen LogP contribution in [0.15, 0.2) is 48.5 Å². The standard InChI is InChI=1S/C16H11F8N/c17-13(18)15(21,22)16(23,24)14(19,20)11-5-1-9(2-6-11)10-3-7-12(25)8-4-10/h1-8,13H,25H2. The maximum absolute atomic E-state index is 13.8. The van der Waals surface area contributed by atoms with Gasteiger partial charge in [0.25, 0.3) is 0 Å². The van der Waals surface area contributed by atoms with Gasteiger partial charge in [0.05, 0.1) is 0 Å². The Morgan fingerprint density at radius 1 is 0.680 bits per heavy atom. The summed E-state index contributed by atoms with van der Waals surface area (Å²) in [5, 5.41) is 0. The van der Waals surface area contributed by atoms with Gasteiger partial charge in [-0.15, -0.1) is 0 Å². The second-order valence-corrected chi connectivity index (χ2v) is 5.27. The summed E-state index contributed by atoms with van der Waals surface area (Å²) in [4.78, 5) is 0. The first-order valence-electron chi connectivity index (χ1n) is 6.79. The van der Waals surface area contributed by atoms with Gasteiger partial charge in [-0.3, -0.25) is 0 Å². The first-order chi connectivity index (χ1) is 11.4. The largest absolute Gasteiger partial charge is 0.399 e. The fourth-order valence-electron chi connectivity index (χ4n) is 2.08. The molecule has 0 aliphatic carbocycles. The predicted octanol–water partition coefficient (Wildman–Crippen LogP) is 5.56. The number of alkyl halides is 8. The van der Waals surface area contributed by atoms with E-state index in [4.69, 9.17) is 5.73 Å². The van der Waals surface area contributed by atoms with Gasteiger partial charge in [0.2, 0.25) is 0 Å². The normalized spacial score (nSPS) is 13.3. The molecule has 0 amide bonds. The molecule has 1 nitrogen and oxygen atoms in total. The van der Waals surface area contributed by atoms with Gasteiger partial charge in [0, 0.05) is 11.3 Å². The van der Waals surface area contributed by atoms with Crippen molar-refractivity contribution in [1.29, 1.82) is 0 Å². The van der Waals surface area contributed by atoms with E-state index in [-0.39, 0.29) is 0 Å². The van der Waals surface area contributed by atoms with Gasteiger partial charge in [0.1, 0.15) is 0 Å². The zero-order valence-corrected chi connectivity index (χ0v) is 12.3. The molecule has 0 aliphatic rings. The second kappa shape index (κ2) is 6.20. The molecule has 25 heavy (non-hydrogen) atoms. The van der Waals surface area contributed by atoms with Gasteiger partial charge >= 0.3 is 24.2 Å². The molecule has 0 unspecified atom stereocenters. The van der Waals surface area contributed by atoms with Crippen LogP contribution in [0.3, 0.4) is 0 Å². The van der Waals surface area contributed by atoms with Crippen molar-refractivity contribution in [1.82, 2.24) is 0 Å². The van der Waals surface area contributed by atoms with Crippen molar-refractivity contribution < 1.29 is 35.1 Å². The molecule has 136 valence electrons. The summed E-state index contributed by atoms with van der Waals surface area (Å²) in [5.41, 5.74) is 5.24. The van der Waals surface area contributed by atoms with E-state index in [2.05, 4.69) is 0 Å². The summed E-state index contributed by atoms with van der Waals surface area (Å²) >= 11 is 0. The number of benzene rings is 2. The molecule has 0 fully saturated rings. The van der Waals surface area contributed by atoms with Crippen molar-refractivity contribution in [3.63, 3.8) is 0 Å². The average molecular weight is 369 g/mol. The molecule has 0 radical (unpaired) electrons. The van der Waals surface area contributed by atoms with Gasteiger partial charge in [-0.1, -0.05) is 36.4 Å². The molecular weight excluding hydrogens is 358 g/mol. The maximum Gasteiger partial charge on any atom is 0.382 e. The van der Waals surface area contributed by atoms with Crippen molar-refractivity contribution in [2.45, 2.75) is 24.2 Å². The SMILES string of the molecule is Nc1ccc(-c2ccc(C(F)(F)C(F)(F)C(F)(F)C(F)F)cc2)cc1. The fraction of sp³-hybridized carbons (Fsp3) is 0.250. The van der Waals surface area contributed by atoms with Crippen LogP contribution in [0.2, 0.25) is 0 Å². The van der Waals surface area contributed by atoms with Crippen LogP contribution in [0, 0.1) is 0 Å². The highest BCUT2D eigenvalue weighted by molar-refractivity contribution is 5.65. The molecule has 0 spiro atoms. The Bertz CT molecular complexity index is 723. The van der Waals surface area contributed by atoms with Crippen LogP contribution in [0.25, 0.3) is 11.1 Å². The number of nitrogens with two attached hydrogens (primary N) is 1. The van der Waals surface area contributed by atoms with Crippen molar-refractivity contribution in [2.75, 3.05) is 5.73 Å². The topological polar surface area (TPSA) is 26.0 Å². The minimum atomic E-state index is -6.27. The number of halogens is 8. The molecule has 0 heterocycles. The monoisotopic (exact) mass is 369 g/mol. The van der Waals surface area contributed by atoms with E-state index in [1.165, 1.54) is 24.3 Å². The Balaban J connectivity index is 2.39. The van der Waals surface area contributed by atoms with Gasteiger partial charge < -0.3 is 5.73 Å². The molecule has 0 atom stereocenters. The summed E-state index contributed by atoms with van der Waals surface area (Å²) in [5.74, 6) is -17.9. The van der Waals surface area contributed by atoms with Gasteiger partial charge in [0.15, 0.2) is 0 Å². The van der Waals surface area contributed by atoms with E-state index >= 15 is 0 Å². The smallest absolute Gasteiger partial charge is 0.382 e. The zero-order chi connectivity index (χ0) is 19.0. The Kier molecular flexibility index (Phi) is 4.71. The predicted molar refractivity (Wildman–Crippen MR) is 76.1 cm³/mol. The number of nitrogen functional groups attached to an aromatic ring is 1. The lowest BCUT2D eigenvalue weighted by Gasteiger charge is -2.32. The van der Waals surface area contributed by atoms with Gasteiger partial charge in [-0.2, -0.15) is 26.3 Å². The van der Waals surface area contributed by atoms with Crippen LogP contribution in [0.4, 0.5) is 40.8 Å². The van der Waals surface area contributed by atoms with Crippen LogP contribution in [-0.2, 0) is 5.92 Å². The van der Waals surface area contributed by atoms with E-state index in [1.54, 1.807) is 0 Å². The van der Waals surface area contributed by atoms with E-state index in [1.807, 2.05) is 0 Å². The summed E-state index contributed by atoms with van der Waals surface area (Å²) in [7, 11) is 0. The minimum Gasteiger partial charge on any atom is -0.399 e.